The number of pyridine rings is 1. The van der Waals surface area contributed by atoms with Crippen LogP contribution in [0.2, 0.25) is 0 Å². The third-order valence-corrected chi connectivity index (χ3v) is 6.51. The van der Waals surface area contributed by atoms with E-state index in [4.69, 9.17) is 10.5 Å². The van der Waals surface area contributed by atoms with Crippen molar-refractivity contribution in [1.82, 2.24) is 20.3 Å². The number of hydrogen-bond acceptors (Lipinski definition) is 8. The number of nitrogens with one attached hydrogen (secondary N) is 1. The van der Waals surface area contributed by atoms with Gasteiger partial charge in [0.2, 0.25) is 0 Å². The van der Waals surface area contributed by atoms with E-state index in [1.807, 2.05) is 19.2 Å². The highest BCUT2D eigenvalue weighted by atomic mass is 16.5. The molecule has 0 bridgehead atoms. The summed E-state index contributed by atoms with van der Waals surface area (Å²) in [4.78, 5) is 28.7. The molecule has 1 aliphatic carbocycles. The summed E-state index contributed by atoms with van der Waals surface area (Å²) in [6, 6.07) is 8.67. The predicted octanol–water partition coefficient (Wildman–Crippen LogP) is 2.59. The van der Waals surface area contributed by atoms with Crippen LogP contribution < -0.4 is 16.0 Å². The highest BCUT2D eigenvalue weighted by Crippen LogP contribution is 2.33. The summed E-state index contributed by atoms with van der Waals surface area (Å²) in [5.74, 6) is -0.0160. The van der Waals surface area contributed by atoms with Gasteiger partial charge in [0.25, 0.3) is 0 Å². The van der Waals surface area contributed by atoms with E-state index in [0.717, 1.165) is 42.7 Å². The number of nitrogens with zero attached hydrogens (tertiary/aromatic N) is 4. The number of nitrogens with two attached hydrogens (primary N) is 1. The Bertz CT molecular complexity index is 1180. The third kappa shape index (κ3) is 4.31. The van der Waals surface area contributed by atoms with Gasteiger partial charge in [0, 0.05) is 54.8 Å². The van der Waals surface area contributed by atoms with Gasteiger partial charge in [-0.1, -0.05) is 12.1 Å². The molecular weight excluding hydrogens is 416 g/mol. The maximum absolute atomic E-state index is 13.3. The van der Waals surface area contributed by atoms with Crippen molar-refractivity contribution in [3.63, 3.8) is 0 Å². The molecule has 5 rings (SSSR count). The average molecular weight is 445 g/mol. The summed E-state index contributed by atoms with van der Waals surface area (Å²) in [6.45, 7) is 2.92. The minimum absolute atomic E-state index is 0.150. The average Bonchev–Trinajstić information content (AvgIpc) is 3.27. The molecule has 0 spiro atoms. The minimum Gasteiger partial charge on any atom is -0.382 e. The molecule has 3 heterocycles. The van der Waals surface area contributed by atoms with Crippen molar-refractivity contribution in [1.29, 1.82) is 0 Å². The van der Waals surface area contributed by atoms with Gasteiger partial charge in [-0.15, -0.1) is 0 Å². The Kier molecular flexibility index (Phi) is 6.02. The zero-order valence-electron chi connectivity index (χ0n) is 18.8. The Morgan fingerprint density at radius 2 is 2.09 bits per heavy atom. The number of anilines is 2. The van der Waals surface area contributed by atoms with Crippen LogP contribution in [-0.2, 0) is 17.6 Å². The van der Waals surface area contributed by atoms with Crippen LogP contribution in [-0.4, -0.2) is 54.1 Å². The van der Waals surface area contributed by atoms with Crippen LogP contribution in [0.15, 0.2) is 42.9 Å². The lowest BCUT2D eigenvalue weighted by Gasteiger charge is -2.30. The molecule has 1 atom stereocenters. The van der Waals surface area contributed by atoms with Crippen molar-refractivity contribution in [2.75, 3.05) is 44.0 Å². The normalized spacial score (nSPS) is 17.7. The summed E-state index contributed by atoms with van der Waals surface area (Å²) in [5.41, 5.74) is 12.4. The molecule has 3 N–H and O–H groups in total. The maximum Gasteiger partial charge on any atom is 0.189 e. The van der Waals surface area contributed by atoms with Gasteiger partial charge < -0.3 is 20.7 Å². The fraction of sp³-hybridized carbons (Fsp3) is 0.360. The second-order valence-corrected chi connectivity index (χ2v) is 8.49. The van der Waals surface area contributed by atoms with Crippen LogP contribution >= 0.6 is 0 Å². The molecule has 0 amide bonds. The molecule has 1 unspecified atom stereocenters. The van der Waals surface area contributed by atoms with Crippen molar-refractivity contribution in [3.8, 4) is 11.3 Å². The van der Waals surface area contributed by atoms with Crippen LogP contribution in [0.1, 0.15) is 39.6 Å². The Morgan fingerprint density at radius 1 is 1.24 bits per heavy atom. The van der Waals surface area contributed by atoms with Gasteiger partial charge in [-0.3, -0.25) is 9.78 Å². The molecule has 1 saturated heterocycles. The molecule has 1 fully saturated rings. The topological polar surface area (TPSA) is 106 Å². The number of nitrogen functional groups attached to an aromatic ring is 1. The Hall–Kier alpha value is -3.36. The summed E-state index contributed by atoms with van der Waals surface area (Å²) < 4.78 is 5.46. The number of fused-ring (bicyclic) bond motifs is 1. The molecule has 2 aliphatic rings. The zero-order valence-corrected chi connectivity index (χ0v) is 18.8. The number of morpholine rings is 1. The first-order valence-electron chi connectivity index (χ1n) is 11.4. The number of carbonyl (C=O) groups is 1. The number of Topliss-reactive ketones (excluding diaryl/α,β-unsaturated/α-hetero) is 1. The van der Waals surface area contributed by atoms with Gasteiger partial charge in [0.05, 0.1) is 25.1 Å². The standard InChI is InChI=1S/C25H28N6O2/c1-27-20-5-3-16-12-17(2-4-19(16)20)21-15-29-25(26)24(30-21)23(32)13-18-14-28-7-6-22(18)31-8-10-33-11-9-31/h2,4,6-7,12,14-15,20,27H,3,5,8-11,13H2,1H3,(H2,26,29). The maximum atomic E-state index is 13.3. The van der Waals surface area contributed by atoms with E-state index in [0.29, 0.717) is 24.9 Å². The van der Waals surface area contributed by atoms with Crippen LogP contribution in [0, 0.1) is 0 Å². The van der Waals surface area contributed by atoms with Crippen molar-refractivity contribution < 1.29 is 9.53 Å². The van der Waals surface area contributed by atoms with E-state index >= 15 is 0 Å². The molecule has 8 heteroatoms. The molecule has 1 aromatic carbocycles. The van der Waals surface area contributed by atoms with Crippen molar-refractivity contribution in [2.24, 2.45) is 0 Å². The Morgan fingerprint density at radius 3 is 2.91 bits per heavy atom. The number of aryl methyl sites for hydroxylation is 1. The quantitative estimate of drug-likeness (QED) is 0.559. The van der Waals surface area contributed by atoms with E-state index < -0.39 is 0 Å². The van der Waals surface area contributed by atoms with E-state index in [1.54, 1.807) is 18.6 Å². The second-order valence-electron chi connectivity index (χ2n) is 8.49. The molecule has 0 radical (unpaired) electrons. The molecule has 3 aromatic rings. The van der Waals surface area contributed by atoms with Crippen LogP contribution in [0.4, 0.5) is 11.5 Å². The summed E-state index contributed by atoms with van der Waals surface area (Å²) in [6.07, 6.45) is 7.41. The minimum atomic E-state index is -0.166. The van der Waals surface area contributed by atoms with E-state index in [2.05, 4.69) is 37.3 Å². The lowest BCUT2D eigenvalue weighted by Crippen LogP contribution is -2.37. The van der Waals surface area contributed by atoms with Crippen LogP contribution in [0.3, 0.4) is 0 Å². The lowest BCUT2D eigenvalue weighted by atomic mass is 10.0. The van der Waals surface area contributed by atoms with Crippen molar-refractivity contribution in [3.05, 3.63) is 65.2 Å². The lowest BCUT2D eigenvalue weighted by molar-refractivity contribution is 0.0988. The molecular formula is C25H28N6O2. The highest BCUT2D eigenvalue weighted by Gasteiger charge is 2.23. The number of rotatable bonds is 6. The molecule has 0 saturated carbocycles. The molecule has 8 nitrogen and oxygen atoms in total. The number of benzene rings is 1. The van der Waals surface area contributed by atoms with E-state index in [-0.39, 0.29) is 23.7 Å². The largest absolute Gasteiger partial charge is 0.382 e. The third-order valence-electron chi connectivity index (χ3n) is 6.51. The van der Waals surface area contributed by atoms with Crippen molar-refractivity contribution >= 4 is 17.3 Å². The van der Waals surface area contributed by atoms with Gasteiger partial charge in [-0.2, -0.15) is 0 Å². The number of aromatic nitrogens is 3. The first-order valence-corrected chi connectivity index (χ1v) is 11.4. The summed E-state index contributed by atoms with van der Waals surface area (Å²) in [7, 11) is 1.99. The molecule has 33 heavy (non-hydrogen) atoms. The zero-order chi connectivity index (χ0) is 22.8. The van der Waals surface area contributed by atoms with E-state index in [1.165, 1.54) is 11.1 Å². The highest BCUT2D eigenvalue weighted by molar-refractivity contribution is 6.00. The number of carbonyl (C=O) groups excluding carboxylic acids is 1. The SMILES string of the molecule is CNC1CCc2cc(-c3cnc(N)c(C(=O)Cc4cnccc4N4CCOCC4)n3)ccc21. The predicted molar refractivity (Wildman–Crippen MR) is 127 cm³/mol. The second kappa shape index (κ2) is 9.25. The fourth-order valence-corrected chi connectivity index (χ4v) is 4.74. The summed E-state index contributed by atoms with van der Waals surface area (Å²) in [5, 5.41) is 3.36. The molecule has 1 aliphatic heterocycles. The smallest absolute Gasteiger partial charge is 0.189 e. The van der Waals surface area contributed by atoms with Gasteiger partial charge in [0.1, 0.15) is 5.69 Å². The first kappa shape index (κ1) is 21.5. The van der Waals surface area contributed by atoms with Gasteiger partial charge in [0.15, 0.2) is 11.6 Å². The van der Waals surface area contributed by atoms with Gasteiger partial charge in [-0.25, -0.2) is 9.97 Å². The van der Waals surface area contributed by atoms with E-state index in [9.17, 15) is 4.79 Å². The number of ketones is 1. The summed E-state index contributed by atoms with van der Waals surface area (Å²) >= 11 is 0. The van der Waals surface area contributed by atoms with Crippen LogP contribution in [0.25, 0.3) is 11.3 Å². The van der Waals surface area contributed by atoms with Crippen LogP contribution in [0.5, 0.6) is 0 Å². The monoisotopic (exact) mass is 444 g/mol. The van der Waals surface area contributed by atoms with Crippen molar-refractivity contribution in [2.45, 2.75) is 25.3 Å². The molecule has 170 valence electrons. The number of hydrogen-bond donors (Lipinski definition) is 2. The number of ether oxygens (including phenoxy) is 1. The Balaban J connectivity index is 1.41. The molecule has 2 aromatic heterocycles. The fourth-order valence-electron chi connectivity index (χ4n) is 4.74. The first-order chi connectivity index (χ1) is 16.1. The van der Waals surface area contributed by atoms with Gasteiger partial charge >= 0.3 is 0 Å². The van der Waals surface area contributed by atoms with Gasteiger partial charge in [-0.05, 0) is 43.1 Å². The Labute approximate surface area is 193 Å².